The summed E-state index contributed by atoms with van der Waals surface area (Å²) in [7, 11) is 5.94. The molecule has 0 bridgehead atoms. The lowest BCUT2D eigenvalue weighted by Crippen LogP contribution is -2.21. The molecule has 2 aromatic heterocycles. The molecule has 1 atom stereocenters. The van der Waals surface area contributed by atoms with E-state index in [0.717, 1.165) is 29.7 Å². The highest BCUT2D eigenvalue weighted by Crippen LogP contribution is 2.40. The van der Waals surface area contributed by atoms with Crippen molar-refractivity contribution in [3.05, 3.63) is 96.3 Å². The van der Waals surface area contributed by atoms with Crippen molar-refractivity contribution in [3.8, 4) is 11.1 Å². The average molecular weight is 438 g/mol. The van der Waals surface area contributed by atoms with Crippen LogP contribution in [0.5, 0.6) is 0 Å². The number of benzene rings is 2. The predicted molar refractivity (Wildman–Crippen MR) is 136 cm³/mol. The predicted octanol–water partition coefficient (Wildman–Crippen LogP) is 5.03. The normalized spacial score (nSPS) is 16.5. The smallest absolute Gasteiger partial charge is 0.152 e. The second-order valence-electron chi connectivity index (χ2n) is 8.81. The van der Waals surface area contributed by atoms with Crippen LogP contribution in [0, 0.1) is 0 Å². The maximum Gasteiger partial charge on any atom is 0.152 e. The molecule has 0 amide bonds. The van der Waals surface area contributed by atoms with Crippen LogP contribution in [0.1, 0.15) is 30.0 Å². The largest absolute Gasteiger partial charge is 0.364 e. The van der Waals surface area contributed by atoms with Gasteiger partial charge in [0.15, 0.2) is 5.49 Å². The van der Waals surface area contributed by atoms with Gasteiger partial charge in [-0.25, -0.2) is 0 Å². The van der Waals surface area contributed by atoms with Gasteiger partial charge in [0.2, 0.25) is 0 Å². The SMILES string of the molecule is C=C(c1cn(C)c2ccc(-c3ccn(C)/c(=N\NC)c3)cc12)N1CCCC1c1ccccc1. The molecule has 5 rings (SSSR count). The molecular weight excluding hydrogens is 406 g/mol. The second-order valence-corrected chi connectivity index (χ2v) is 8.81. The van der Waals surface area contributed by atoms with Gasteiger partial charge in [0, 0.05) is 62.2 Å². The van der Waals surface area contributed by atoms with Crippen LogP contribution in [0.2, 0.25) is 0 Å². The number of hydrogen-bond donors (Lipinski definition) is 1. The quantitative estimate of drug-likeness (QED) is 0.445. The molecule has 1 N–H and O–H groups in total. The zero-order chi connectivity index (χ0) is 22.9. The Morgan fingerprint density at radius 2 is 1.79 bits per heavy atom. The first-order valence-electron chi connectivity index (χ1n) is 11.5. The fourth-order valence-electron chi connectivity index (χ4n) is 5.03. The van der Waals surface area contributed by atoms with Gasteiger partial charge in [-0.05, 0) is 53.8 Å². The number of nitrogens with one attached hydrogen (secondary N) is 1. The van der Waals surface area contributed by atoms with Crippen molar-refractivity contribution in [3.63, 3.8) is 0 Å². The van der Waals surface area contributed by atoms with Gasteiger partial charge in [-0.1, -0.05) is 43.0 Å². The number of aryl methyl sites for hydroxylation is 2. The Morgan fingerprint density at radius 1 is 1.00 bits per heavy atom. The van der Waals surface area contributed by atoms with Crippen molar-refractivity contribution in [2.24, 2.45) is 19.2 Å². The lowest BCUT2D eigenvalue weighted by Gasteiger charge is -2.29. The molecule has 1 fully saturated rings. The molecule has 1 aliphatic heterocycles. The van der Waals surface area contributed by atoms with E-state index >= 15 is 0 Å². The Hall–Kier alpha value is -3.73. The highest BCUT2D eigenvalue weighted by Gasteiger charge is 2.28. The molecule has 0 saturated carbocycles. The molecule has 5 heteroatoms. The molecule has 0 radical (unpaired) electrons. The molecule has 4 aromatic rings. The fraction of sp³-hybridized carbons (Fsp3) is 0.250. The Labute approximate surface area is 195 Å². The molecule has 33 heavy (non-hydrogen) atoms. The number of nitrogens with zero attached hydrogens (tertiary/aromatic N) is 4. The van der Waals surface area contributed by atoms with Crippen molar-refractivity contribution < 1.29 is 0 Å². The zero-order valence-corrected chi connectivity index (χ0v) is 19.6. The topological polar surface area (TPSA) is 37.5 Å². The number of hydrogen-bond acceptors (Lipinski definition) is 3. The van der Waals surface area contributed by atoms with Gasteiger partial charge in [0.1, 0.15) is 0 Å². The van der Waals surface area contributed by atoms with Crippen LogP contribution in [0.4, 0.5) is 0 Å². The van der Waals surface area contributed by atoms with Gasteiger partial charge in [0.05, 0.1) is 6.04 Å². The third-order valence-electron chi connectivity index (χ3n) is 6.77. The zero-order valence-electron chi connectivity index (χ0n) is 19.6. The number of pyridine rings is 1. The molecule has 1 saturated heterocycles. The van der Waals surface area contributed by atoms with Crippen LogP contribution in [0.25, 0.3) is 27.7 Å². The summed E-state index contributed by atoms with van der Waals surface area (Å²) in [5.41, 5.74) is 11.0. The minimum atomic E-state index is 0.386. The van der Waals surface area contributed by atoms with Crippen LogP contribution < -0.4 is 10.9 Å². The highest BCUT2D eigenvalue weighted by atomic mass is 15.3. The van der Waals surface area contributed by atoms with Crippen LogP contribution >= 0.6 is 0 Å². The Kier molecular flexibility index (Phi) is 5.55. The van der Waals surface area contributed by atoms with E-state index in [9.17, 15) is 0 Å². The fourth-order valence-corrected chi connectivity index (χ4v) is 5.03. The molecule has 3 heterocycles. The third-order valence-corrected chi connectivity index (χ3v) is 6.77. The van der Waals surface area contributed by atoms with E-state index in [4.69, 9.17) is 0 Å². The van der Waals surface area contributed by atoms with Gasteiger partial charge in [0.25, 0.3) is 0 Å². The van der Waals surface area contributed by atoms with Gasteiger partial charge in [-0.3, -0.25) is 0 Å². The van der Waals surface area contributed by atoms with Crippen LogP contribution in [0.15, 0.2) is 84.7 Å². The van der Waals surface area contributed by atoms with Crippen LogP contribution in [0.3, 0.4) is 0 Å². The summed E-state index contributed by atoms with van der Waals surface area (Å²) >= 11 is 0. The van der Waals surface area contributed by atoms with Gasteiger partial charge in [-0.15, -0.1) is 0 Å². The van der Waals surface area contributed by atoms with E-state index in [-0.39, 0.29) is 0 Å². The van der Waals surface area contributed by atoms with E-state index in [1.54, 1.807) is 0 Å². The van der Waals surface area contributed by atoms with Crippen LogP contribution in [-0.4, -0.2) is 27.6 Å². The molecular formula is C28H31N5. The van der Waals surface area contributed by atoms with Crippen molar-refractivity contribution >= 4 is 16.6 Å². The van der Waals surface area contributed by atoms with E-state index in [1.807, 2.05) is 18.7 Å². The number of likely N-dealkylation sites (tertiary alicyclic amines) is 1. The summed E-state index contributed by atoms with van der Waals surface area (Å²) in [6.45, 7) is 5.62. The Bertz CT molecular complexity index is 1380. The molecule has 0 aliphatic carbocycles. The summed E-state index contributed by atoms with van der Waals surface area (Å²) in [4.78, 5) is 2.49. The summed E-state index contributed by atoms with van der Waals surface area (Å²) < 4.78 is 4.21. The monoisotopic (exact) mass is 437 g/mol. The summed E-state index contributed by atoms with van der Waals surface area (Å²) in [5.74, 6) is 0. The van der Waals surface area contributed by atoms with Gasteiger partial charge in [-0.2, -0.15) is 5.10 Å². The lowest BCUT2D eigenvalue weighted by atomic mass is 10.0. The molecule has 5 nitrogen and oxygen atoms in total. The van der Waals surface area contributed by atoms with Crippen molar-refractivity contribution in [1.29, 1.82) is 0 Å². The molecule has 1 unspecified atom stereocenters. The summed E-state index contributed by atoms with van der Waals surface area (Å²) in [5, 5.41) is 5.62. The molecule has 2 aromatic carbocycles. The maximum atomic E-state index is 4.58. The highest BCUT2D eigenvalue weighted by molar-refractivity contribution is 5.95. The third kappa shape index (κ3) is 3.84. The first-order chi connectivity index (χ1) is 16.1. The number of rotatable bonds is 5. The van der Waals surface area contributed by atoms with E-state index in [0.29, 0.717) is 6.04 Å². The van der Waals surface area contributed by atoms with E-state index in [1.165, 1.54) is 34.0 Å². The summed E-state index contributed by atoms with van der Waals surface area (Å²) in [6.07, 6.45) is 6.63. The van der Waals surface area contributed by atoms with E-state index in [2.05, 4.69) is 107 Å². The second kappa shape index (κ2) is 8.66. The van der Waals surface area contributed by atoms with Gasteiger partial charge >= 0.3 is 0 Å². The van der Waals surface area contributed by atoms with Crippen molar-refractivity contribution in [2.75, 3.05) is 13.6 Å². The molecule has 0 spiro atoms. The average Bonchev–Trinajstić information content (AvgIpc) is 3.46. The number of aromatic nitrogens is 2. The standard InChI is InChI=1S/C28H31N5/c1-20(33-15-8-11-26(33)21-9-6-5-7-10-21)25-19-32(4)27-13-12-22(17-24(25)27)23-14-16-31(3)28(18-23)30-29-2/h5-7,9-10,12-14,16-19,26,29H,1,8,11,15H2,2-4H3/b30-28-. The van der Waals surface area contributed by atoms with Crippen molar-refractivity contribution in [1.82, 2.24) is 19.5 Å². The molecule has 168 valence electrons. The first-order valence-corrected chi connectivity index (χ1v) is 11.5. The lowest BCUT2D eigenvalue weighted by molar-refractivity contribution is 0.380. The Balaban J connectivity index is 1.56. The van der Waals surface area contributed by atoms with Crippen LogP contribution in [-0.2, 0) is 14.1 Å². The minimum absolute atomic E-state index is 0.386. The maximum absolute atomic E-state index is 4.58. The van der Waals surface area contributed by atoms with E-state index < -0.39 is 0 Å². The Morgan fingerprint density at radius 3 is 2.58 bits per heavy atom. The van der Waals surface area contributed by atoms with Crippen molar-refractivity contribution in [2.45, 2.75) is 18.9 Å². The van der Waals surface area contributed by atoms with Gasteiger partial charge < -0.3 is 19.5 Å². The first kappa shape index (κ1) is 21.1. The molecule has 1 aliphatic rings. The summed E-state index contributed by atoms with van der Waals surface area (Å²) in [6, 6.07) is 22.2. The number of fused-ring (bicyclic) bond motifs is 1. The minimum Gasteiger partial charge on any atom is -0.364 e.